The molecule has 0 aliphatic heterocycles. The lowest BCUT2D eigenvalue weighted by Crippen LogP contribution is -2.36. The molecule has 1 aromatic carbocycles. The normalized spacial score (nSPS) is 18.1. The fourth-order valence-corrected chi connectivity index (χ4v) is 5.19. The highest BCUT2D eigenvalue weighted by molar-refractivity contribution is 7.92. The second-order valence-corrected chi connectivity index (χ2v) is 7.66. The highest BCUT2D eigenvalue weighted by Gasteiger charge is 2.42. The minimum Gasteiger partial charge on any atom is -0.480 e. The van der Waals surface area contributed by atoms with Crippen molar-refractivity contribution >= 4 is 15.8 Å². The van der Waals surface area contributed by atoms with Gasteiger partial charge in [0.05, 0.1) is 4.90 Å². The Morgan fingerprint density at radius 3 is 2.35 bits per heavy atom. The molecule has 1 atom stereocenters. The molecule has 0 radical (unpaired) electrons. The van der Waals surface area contributed by atoms with Crippen molar-refractivity contribution in [3.05, 3.63) is 29.3 Å². The average molecular weight is 296 g/mol. The van der Waals surface area contributed by atoms with E-state index in [4.69, 9.17) is 0 Å². The van der Waals surface area contributed by atoms with E-state index in [2.05, 4.69) is 0 Å². The zero-order chi connectivity index (χ0) is 14.9. The Labute approximate surface area is 119 Å². The summed E-state index contributed by atoms with van der Waals surface area (Å²) in [6.45, 7) is 3.60. The average Bonchev–Trinajstić information content (AvgIpc) is 2.80. The summed E-state index contributed by atoms with van der Waals surface area (Å²) in [7, 11) is -3.83. The smallest absolute Gasteiger partial charge is 0.322 e. The number of sulfone groups is 1. The number of hydrogen-bond acceptors (Lipinski definition) is 3. The molecular formula is C15H20O4S. The second kappa shape index (κ2) is 5.56. The van der Waals surface area contributed by atoms with E-state index < -0.39 is 21.1 Å². The van der Waals surface area contributed by atoms with Crippen LogP contribution in [0.1, 0.15) is 36.8 Å². The number of aliphatic carboxylic acids is 1. The number of carboxylic acids is 1. The van der Waals surface area contributed by atoms with Crippen molar-refractivity contribution in [2.24, 2.45) is 5.92 Å². The Morgan fingerprint density at radius 1 is 1.25 bits per heavy atom. The van der Waals surface area contributed by atoms with E-state index in [-0.39, 0.29) is 10.8 Å². The van der Waals surface area contributed by atoms with Crippen LogP contribution in [-0.4, -0.2) is 24.7 Å². The van der Waals surface area contributed by atoms with Crippen LogP contribution in [0.3, 0.4) is 0 Å². The SMILES string of the molecule is Cc1ccc(S(=O)(=O)C(C(=O)O)C2CCCC2)c(C)c1. The van der Waals surface area contributed by atoms with Crippen molar-refractivity contribution in [3.8, 4) is 0 Å². The lowest BCUT2D eigenvalue weighted by molar-refractivity contribution is -0.137. The Bertz CT molecular complexity index is 613. The van der Waals surface area contributed by atoms with Gasteiger partial charge in [-0.3, -0.25) is 4.79 Å². The molecule has 1 fully saturated rings. The maximum absolute atomic E-state index is 12.7. The van der Waals surface area contributed by atoms with E-state index in [9.17, 15) is 18.3 Å². The monoisotopic (exact) mass is 296 g/mol. The first-order valence-electron chi connectivity index (χ1n) is 6.88. The van der Waals surface area contributed by atoms with Crippen LogP contribution in [0.25, 0.3) is 0 Å². The van der Waals surface area contributed by atoms with Crippen molar-refractivity contribution in [1.82, 2.24) is 0 Å². The predicted molar refractivity (Wildman–Crippen MR) is 76.5 cm³/mol. The molecule has 0 bridgehead atoms. The second-order valence-electron chi connectivity index (χ2n) is 5.62. The maximum atomic E-state index is 12.7. The topological polar surface area (TPSA) is 71.4 Å². The summed E-state index contributed by atoms with van der Waals surface area (Å²) in [4.78, 5) is 11.7. The third-order valence-corrected chi connectivity index (χ3v) is 6.37. The molecule has 2 rings (SSSR count). The molecule has 1 aliphatic carbocycles. The third kappa shape index (κ3) is 2.73. The van der Waals surface area contributed by atoms with Crippen molar-refractivity contribution in [2.45, 2.75) is 49.7 Å². The number of hydrogen-bond donors (Lipinski definition) is 1. The molecule has 4 nitrogen and oxygen atoms in total. The zero-order valence-corrected chi connectivity index (χ0v) is 12.6. The van der Waals surface area contributed by atoms with Gasteiger partial charge in [0.25, 0.3) is 0 Å². The lowest BCUT2D eigenvalue weighted by atomic mass is 10.0. The Balaban J connectivity index is 2.47. The van der Waals surface area contributed by atoms with Gasteiger partial charge in [-0.1, -0.05) is 30.5 Å². The number of carboxylic acid groups (broad SMARTS) is 1. The van der Waals surface area contributed by atoms with Gasteiger partial charge < -0.3 is 5.11 Å². The first-order chi connectivity index (χ1) is 9.34. The number of rotatable bonds is 4. The van der Waals surface area contributed by atoms with Crippen LogP contribution in [0.15, 0.2) is 23.1 Å². The molecule has 0 heterocycles. The number of aryl methyl sites for hydroxylation is 2. The van der Waals surface area contributed by atoms with Crippen LogP contribution in [0.4, 0.5) is 0 Å². The summed E-state index contributed by atoms with van der Waals surface area (Å²) >= 11 is 0. The molecule has 0 spiro atoms. The Morgan fingerprint density at radius 2 is 1.85 bits per heavy atom. The van der Waals surface area contributed by atoms with Gasteiger partial charge in [0.2, 0.25) is 0 Å². The highest BCUT2D eigenvalue weighted by atomic mass is 32.2. The van der Waals surface area contributed by atoms with Gasteiger partial charge in [-0.25, -0.2) is 8.42 Å². The predicted octanol–water partition coefficient (Wildman–Crippen LogP) is 2.72. The molecular weight excluding hydrogens is 276 g/mol. The van der Waals surface area contributed by atoms with Crippen molar-refractivity contribution < 1.29 is 18.3 Å². The Kier molecular flexibility index (Phi) is 4.18. The summed E-state index contributed by atoms with van der Waals surface area (Å²) in [5, 5.41) is 8.08. The van der Waals surface area contributed by atoms with Gasteiger partial charge in [-0.2, -0.15) is 0 Å². The summed E-state index contributed by atoms with van der Waals surface area (Å²) in [5.41, 5.74) is 1.59. The highest BCUT2D eigenvalue weighted by Crippen LogP contribution is 2.34. The van der Waals surface area contributed by atoms with E-state index in [0.29, 0.717) is 18.4 Å². The molecule has 0 aromatic heterocycles. The molecule has 1 aromatic rings. The van der Waals surface area contributed by atoms with Crippen LogP contribution in [0.2, 0.25) is 0 Å². The molecule has 110 valence electrons. The standard InChI is InChI=1S/C15H20O4S/c1-10-7-8-13(11(2)9-10)20(18,19)14(15(16)17)12-5-3-4-6-12/h7-9,12,14H,3-6H2,1-2H3,(H,16,17). The molecule has 0 saturated heterocycles. The lowest BCUT2D eigenvalue weighted by Gasteiger charge is -2.20. The summed E-state index contributed by atoms with van der Waals surface area (Å²) in [6.07, 6.45) is 3.19. The van der Waals surface area contributed by atoms with E-state index in [1.165, 1.54) is 6.07 Å². The fourth-order valence-electron chi connectivity index (χ4n) is 3.10. The van der Waals surface area contributed by atoms with Crippen molar-refractivity contribution in [2.75, 3.05) is 0 Å². The van der Waals surface area contributed by atoms with Gasteiger partial charge in [0, 0.05) is 0 Å². The van der Waals surface area contributed by atoms with Gasteiger partial charge >= 0.3 is 5.97 Å². The molecule has 1 N–H and O–H groups in total. The summed E-state index contributed by atoms with van der Waals surface area (Å²) < 4.78 is 25.4. The Hall–Kier alpha value is -1.36. The zero-order valence-electron chi connectivity index (χ0n) is 11.8. The first-order valence-corrected chi connectivity index (χ1v) is 8.42. The minimum atomic E-state index is -3.83. The molecule has 1 aliphatic rings. The van der Waals surface area contributed by atoms with Gasteiger partial charge in [-0.15, -0.1) is 0 Å². The van der Waals surface area contributed by atoms with Crippen LogP contribution in [0, 0.1) is 19.8 Å². The fraction of sp³-hybridized carbons (Fsp3) is 0.533. The van der Waals surface area contributed by atoms with Gasteiger partial charge in [0.15, 0.2) is 15.1 Å². The molecule has 0 amide bonds. The molecule has 1 saturated carbocycles. The van der Waals surface area contributed by atoms with Crippen LogP contribution in [0.5, 0.6) is 0 Å². The van der Waals surface area contributed by atoms with Gasteiger partial charge in [-0.05, 0) is 44.2 Å². The first kappa shape index (κ1) is 15.0. The van der Waals surface area contributed by atoms with E-state index >= 15 is 0 Å². The van der Waals surface area contributed by atoms with E-state index in [1.54, 1.807) is 19.1 Å². The third-order valence-electron chi connectivity index (χ3n) is 4.04. The number of carbonyl (C=O) groups is 1. The molecule has 5 heteroatoms. The van der Waals surface area contributed by atoms with Crippen molar-refractivity contribution in [1.29, 1.82) is 0 Å². The van der Waals surface area contributed by atoms with Crippen molar-refractivity contribution in [3.63, 3.8) is 0 Å². The quantitative estimate of drug-likeness (QED) is 0.927. The van der Waals surface area contributed by atoms with Crippen LogP contribution in [-0.2, 0) is 14.6 Å². The molecule has 1 unspecified atom stereocenters. The minimum absolute atomic E-state index is 0.155. The molecule has 20 heavy (non-hydrogen) atoms. The van der Waals surface area contributed by atoms with Crippen LogP contribution >= 0.6 is 0 Å². The van der Waals surface area contributed by atoms with E-state index in [0.717, 1.165) is 18.4 Å². The maximum Gasteiger partial charge on any atom is 0.322 e. The summed E-state index contributed by atoms with van der Waals surface area (Å²) in [5.74, 6) is -1.49. The van der Waals surface area contributed by atoms with Gasteiger partial charge in [0.1, 0.15) is 0 Å². The largest absolute Gasteiger partial charge is 0.480 e. The van der Waals surface area contributed by atoms with Crippen LogP contribution < -0.4 is 0 Å². The van der Waals surface area contributed by atoms with E-state index in [1.807, 2.05) is 6.92 Å². The number of benzene rings is 1. The summed E-state index contributed by atoms with van der Waals surface area (Å²) in [6, 6.07) is 5.03.